The molecule has 0 bridgehead atoms. The van der Waals surface area contributed by atoms with Crippen LogP contribution in [0, 0.1) is 0 Å². The number of anilines is 1. The van der Waals surface area contributed by atoms with Crippen molar-refractivity contribution in [3.05, 3.63) is 71.5 Å². The SMILES string of the molecule is O=C(NC1CC1)c1cnc(N2CCc3[nH]cnc3[C@H]2c2cc3c(C(F)F)cccn3n2)cn1. The summed E-state index contributed by atoms with van der Waals surface area (Å²) in [5.41, 5.74) is 2.84. The summed E-state index contributed by atoms with van der Waals surface area (Å²) in [6, 6.07) is 4.43. The molecule has 4 aromatic rings. The zero-order chi connectivity index (χ0) is 22.5. The molecule has 0 spiro atoms. The van der Waals surface area contributed by atoms with Gasteiger partial charge in [-0.3, -0.25) is 4.79 Å². The summed E-state index contributed by atoms with van der Waals surface area (Å²) in [4.78, 5) is 30.7. The molecule has 1 aliphatic heterocycles. The predicted molar refractivity (Wildman–Crippen MR) is 114 cm³/mol. The van der Waals surface area contributed by atoms with Crippen LogP contribution in [-0.4, -0.2) is 48.0 Å². The van der Waals surface area contributed by atoms with E-state index in [1.807, 2.05) is 4.90 Å². The second kappa shape index (κ2) is 7.61. The number of hydrogen-bond donors (Lipinski definition) is 2. The highest BCUT2D eigenvalue weighted by Crippen LogP contribution is 2.36. The van der Waals surface area contributed by atoms with Crippen molar-refractivity contribution in [2.75, 3.05) is 11.4 Å². The summed E-state index contributed by atoms with van der Waals surface area (Å²) in [6.07, 6.45) is 6.37. The maximum absolute atomic E-state index is 13.5. The first-order valence-corrected chi connectivity index (χ1v) is 10.8. The van der Waals surface area contributed by atoms with Crippen molar-refractivity contribution in [2.24, 2.45) is 0 Å². The van der Waals surface area contributed by atoms with E-state index in [-0.39, 0.29) is 23.2 Å². The number of halogens is 2. The number of fused-ring (bicyclic) bond motifs is 2. The number of aromatic nitrogens is 6. The van der Waals surface area contributed by atoms with E-state index >= 15 is 0 Å². The van der Waals surface area contributed by atoms with Gasteiger partial charge in [0, 0.05) is 36.5 Å². The molecule has 2 N–H and O–H groups in total. The topological polar surface area (TPSA) is 104 Å². The molecule has 1 fully saturated rings. The molecule has 33 heavy (non-hydrogen) atoms. The van der Waals surface area contributed by atoms with Crippen LogP contribution in [0.15, 0.2) is 43.1 Å². The molecule has 0 unspecified atom stereocenters. The van der Waals surface area contributed by atoms with Gasteiger partial charge in [0.15, 0.2) is 0 Å². The molecule has 0 saturated heterocycles. The van der Waals surface area contributed by atoms with Gasteiger partial charge in [0.05, 0.1) is 35.6 Å². The van der Waals surface area contributed by atoms with Crippen molar-refractivity contribution < 1.29 is 13.6 Å². The van der Waals surface area contributed by atoms with Gasteiger partial charge in [-0.05, 0) is 31.0 Å². The van der Waals surface area contributed by atoms with Crippen LogP contribution in [0.4, 0.5) is 14.6 Å². The van der Waals surface area contributed by atoms with Gasteiger partial charge in [-0.25, -0.2) is 28.2 Å². The molecule has 0 aromatic carbocycles. The fraction of sp³-hybridized carbons (Fsp3) is 0.318. The van der Waals surface area contributed by atoms with Crippen LogP contribution in [0.25, 0.3) is 5.52 Å². The molecular formula is C22H20F2N8O. The third kappa shape index (κ3) is 3.49. The van der Waals surface area contributed by atoms with Gasteiger partial charge in [0.25, 0.3) is 12.3 Å². The van der Waals surface area contributed by atoms with Gasteiger partial charge in [0.2, 0.25) is 0 Å². The molecule has 4 aromatic heterocycles. The summed E-state index contributed by atoms with van der Waals surface area (Å²) < 4.78 is 28.6. The molecule has 2 aliphatic rings. The second-order valence-electron chi connectivity index (χ2n) is 8.28. The lowest BCUT2D eigenvalue weighted by molar-refractivity contribution is 0.0945. The number of alkyl halides is 2. The lowest BCUT2D eigenvalue weighted by atomic mass is 9.99. The van der Waals surface area contributed by atoms with Crippen LogP contribution in [-0.2, 0) is 6.42 Å². The number of rotatable bonds is 5. The summed E-state index contributed by atoms with van der Waals surface area (Å²) >= 11 is 0. The van der Waals surface area contributed by atoms with Gasteiger partial charge in [-0.15, -0.1) is 0 Å². The number of carbonyl (C=O) groups is 1. The Bertz CT molecular complexity index is 1330. The van der Waals surface area contributed by atoms with Gasteiger partial charge in [-0.1, -0.05) is 0 Å². The number of aromatic amines is 1. The molecule has 1 amide bonds. The number of carbonyl (C=O) groups excluding carboxylic acids is 1. The van der Waals surface area contributed by atoms with Crippen LogP contribution in [0.1, 0.15) is 58.4 Å². The first-order valence-electron chi connectivity index (χ1n) is 10.8. The number of nitrogens with one attached hydrogen (secondary N) is 2. The average molecular weight is 450 g/mol. The molecule has 1 aliphatic carbocycles. The molecular weight excluding hydrogens is 430 g/mol. The highest BCUT2D eigenvalue weighted by Gasteiger charge is 2.34. The fourth-order valence-electron chi connectivity index (χ4n) is 4.27. The van der Waals surface area contributed by atoms with Crippen LogP contribution in [0.3, 0.4) is 0 Å². The van der Waals surface area contributed by atoms with E-state index in [4.69, 9.17) is 0 Å². The van der Waals surface area contributed by atoms with E-state index in [1.165, 1.54) is 16.8 Å². The zero-order valence-electron chi connectivity index (χ0n) is 17.4. The number of pyridine rings is 1. The van der Waals surface area contributed by atoms with Crippen LogP contribution < -0.4 is 10.2 Å². The Labute approximate surface area is 186 Å². The quantitative estimate of drug-likeness (QED) is 0.485. The zero-order valence-corrected chi connectivity index (χ0v) is 17.4. The minimum Gasteiger partial charge on any atom is -0.348 e. The first-order chi connectivity index (χ1) is 16.1. The second-order valence-corrected chi connectivity index (χ2v) is 8.28. The van der Waals surface area contributed by atoms with Gasteiger partial charge >= 0.3 is 0 Å². The minimum atomic E-state index is -2.61. The highest BCUT2D eigenvalue weighted by molar-refractivity contribution is 5.92. The van der Waals surface area contributed by atoms with Crippen LogP contribution in [0.2, 0.25) is 0 Å². The Morgan fingerprint density at radius 1 is 1.21 bits per heavy atom. The van der Waals surface area contributed by atoms with Crippen molar-refractivity contribution in [2.45, 2.75) is 37.8 Å². The molecule has 5 heterocycles. The third-order valence-electron chi connectivity index (χ3n) is 6.07. The highest BCUT2D eigenvalue weighted by atomic mass is 19.3. The number of nitrogens with zero attached hydrogens (tertiary/aromatic N) is 6. The third-order valence-corrected chi connectivity index (χ3v) is 6.07. The largest absolute Gasteiger partial charge is 0.348 e. The fourth-order valence-corrected chi connectivity index (χ4v) is 4.27. The smallest absolute Gasteiger partial charge is 0.271 e. The summed E-state index contributed by atoms with van der Waals surface area (Å²) in [7, 11) is 0. The Balaban J connectivity index is 1.39. The van der Waals surface area contributed by atoms with Crippen molar-refractivity contribution >= 4 is 17.2 Å². The van der Waals surface area contributed by atoms with E-state index in [0.29, 0.717) is 30.0 Å². The van der Waals surface area contributed by atoms with E-state index in [1.54, 1.807) is 30.9 Å². The number of hydrogen-bond acceptors (Lipinski definition) is 6. The Kier molecular flexibility index (Phi) is 4.56. The molecule has 6 rings (SSSR count). The van der Waals surface area contributed by atoms with Crippen molar-refractivity contribution in [3.63, 3.8) is 0 Å². The van der Waals surface area contributed by atoms with E-state index in [2.05, 4.69) is 30.4 Å². The molecule has 9 nitrogen and oxygen atoms in total. The maximum Gasteiger partial charge on any atom is 0.271 e. The van der Waals surface area contributed by atoms with E-state index in [0.717, 1.165) is 24.2 Å². The van der Waals surface area contributed by atoms with Gasteiger partial charge in [0.1, 0.15) is 17.6 Å². The van der Waals surface area contributed by atoms with Crippen LogP contribution >= 0.6 is 0 Å². The predicted octanol–water partition coefficient (Wildman–Crippen LogP) is 2.83. The maximum atomic E-state index is 13.5. The Hall–Kier alpha value is -3.89. The van der Waals surface area contributed by atoms with E-state index in [9.17, 15) is 13.6 Å². The Morgan fingerprint density at radius 2 is 2.09 bits per heavy atom. The Morgan fingerprint density at radius 3 is 2.85 bits per heavy atom. The molecule has 11 heteroatoms. The summed E-state index contributed by atoms with van der Waals surface area (Å²) in [6.45, 7) is 0.595. The molecule has 1 saturated carbocycles. The van der Waals surface area contributed by atoms with Crippen LogP contribution in [0.5, 0.6) is 0 Å². The standard InChI is InChI=1S/C22H20F2N8O/c23-21(24)13-2-1-6-32-17(13)8-15(30-32)20-19-14(27-11-28-19)5-7-31(20)18-10-25-16(9-26-18)22(33)29-12-3-4-12/h1-2,6,8-12,20-21H,3-5,7H2,(H,27,28)(H,29,33)/t20-/m1/s1. The van der Waals surface area contributed by atoms with E-state index < -0.39 is 12.5 Å². The first kappa shape index (κ1) is 19.8. The normalized spacial score (nSPS) is 18.0. The summed E-state index contributed by atoms with van der Waals surface area (Å²) in [5, 5.41) is 7.49. The summed E-state index contributed by atoms with van der Waals surface area (Å²) in [5.74, 6) is 0.323. The van der Waals surface area contributed by atoms with Crippen molar-refractivity contribution in [3.8, 4) is 0 Å². The number of amides is 1. The minimum absolute atomic E-state index is 0.0771. The lowest BCUT2D eigenvalue weighted by Crippen LogP contribution is -2.37. The lowest BCUT2D eigenvalue weighted by Gasteiger charge is -2.34. The molecule has 0 radical (unpaired) electrons. The monoisotopic (exact) mass is 450 g/mol. The number of H-pyrrole nitrogens is 1. The molecule has 168 valence electrons. The van der Waals surface area contributed by atoms with Crippen molar-refractivity contribution in [1.29, 1.82) is 0 Å². The molecule has 1 atom stereocenters. The van der Waals surface area contributed by atoms with Crippen molar-refractivity contribution in [1.82, 2.24) is 34.9 Å². The van der Waals surface area contributed by atoms with Gasteiger partial charge in [-0.2, -0.15) is 5.10 Å². The van der Waals surface area contributed by atoms with Gasteiger partial charge < -0.3 is 15.2 Å². The average Bonchev–Trinajstić information content (AvgIpc) is 3.33. The number of imidazole rings is 1.